The van der Waals surface area contributed by atoms with Crippen LogP contribution in [0.4, 0.5) is 0 Å². The molecule has 0 bridgehead atoms. The van der Waals surface area contributed by atoms with E-state index in [2.05, 4.69) is 5.10 Å². The molecule has 8 heteroatoms. The van der Waals surface area contributed by atoms with E-state index >= 15 is 0 Å². The highest BCUT2D eigenvalue weighted by atomic mass is 32.2. The summed E-state index contributed by atoms with van der Waals surface area (Å²) in [6.07, 6.45) is 3.00. The number of nitrogens with zero attached hydrogens (tertiary/aromatic N) is 2. The number of aromatic carboxylic acids is 1. The van der Waals surface area contributed by atoms with Gasteiger partial charge in [-0.1, -0.05) is 0 Å². The second-order valence-electron chi connectivity index (χ2n) is 3.71. The van der Waals surface area contributed by atoms with Gasteiger partial charge in [0.1, 0.15) is 0 Å². The van der Waals surface area contributed by atoms with Gasteiger partial charge in [0.15, 0.2) is 0 Å². The number of aromatic nitrogens is 2. The van der Waals surface area contributed by atoms with E-state index in [0.717, 1.165) is 12.1 Å². The van der Waals surface area contributed by atoms with E-state index in [1.807, 2.05) is 0 Å². The molecule has 0 amide bonds. The van der Waals surface area contributed by atoms with Crippen LogP contribution < -0.4 is 0 Å². The molecule has 2 aromatic heterocycles. The predicted octanol–water partition coefficient (Wildman–Crippen LogP) is 0.685. The molecule has 7 nitrogen and oxygen atoms in total. The largest absolute Gasteiger partial charge is 0.475 e. The zero-order valence-electron chi connectivity index (χ0n) is 9.40. The molecule has 0 saturated carbocycles. The molecule has 0 aliphatic heterocycles. The van der Waals surface area contributed by atoms with Crippen molar-refractivity contribution in [2.24, 2.45) is 7.05 Å². The van der Waals surface area contributed by atoms with Crippen molar-refractivity contribution in [2.75, 3.05) is 0 Å². The van der Waals surface area contributed by atoms with Crippen molar-refractivity contribution in [3.8, 4) is 0 Å². The van der Waals surface area contributed by atoms with Crippen molar-refractivity contribution < 1.29 is 22.7 Å². The maximum absolute atomic E-state index is 11.9. The lowest BCUT2D eigenvalue weighted by atomic mass is 10.4. The minimum absolute atomic E-state index is 0.284. The third-order valence-corrected chi connectivity index (χ3v) is 3.76. The Hall–Kier alpha value is -2.09. The van der Waals surface area contributed by atoms with E-state index in [-0.39, 0.29) is 10.8 Å². The van der Waals surface area contributed by atoms with Crippen molar-refractivity contribution in [2.45, 2.75) is 10.8 Å². The first kappa shape index (κ1) is 12.4. The van der Waals surface area contributed by atoms with E-state index in [1.165, 1.54) is 10.9 Å². The first-order chi connectivity index (χ1) is 8.38. The van der Waals surface area contributed by atoms with E-state index in [0.29, 0.717) is 5.56 Å². The number of carboxylic acid groups (broad SMARTS) is 1. The quantitative estimate of drug-likeness (QED) is 0.876. The summed E-state index contributed by atoms with van der Waals surface area (Å²) in [5.41, 5.74) is 0.505. The van der Waals surface area contributed by atoms with Gasteiger partial charge in [-0.3, -0.25) is 4.68 Å². The molecule has 1 N–H and O–H groups in total. The maximum atomic E-state index is 11.9. The molecule has 0 fully saturated rings. The number of hydrogen-bond acceptors (Lipinski definition) is 5. The molecule has 96 valence electrons. The van der Waals surface area contributed by atoms with E-state index < -0.39 is 21.6 Å². The molecule has 2 rings (SSSR count). The van der Waals surface area contributed by atoms with Gasteiger partial charge in [0.2, 0.25) is 20.7 Å². The number of aryl methyl sites for hydroxylation is 1. The Kier molecular flexibility index (Phi) is 2.95. The molecule has 2 heterocycles. The lowest BCUT2D eigenvalue weighted by molar-refractivity contribution is 0.0656. The first-order valence-electron chi connectivity index (χ1n) is 4.92. The van der Waals surface area contributed by atoms with Crippen LogP contribution in [0.25, 0.3) is 0 Å². The van der Waals surface area contributed by atoms with Gasteiger partial charge >= 0.3 is 5.97 Å². The second kappa shape index (κ2) is 4.30. The summed E-state index contributed by atoms with van der Waals surface area (Å²) in [5.74, 6) is -1.99. The lowest BCUT2D eigenvalue weighted by Crippen LogP contribution is -2.03. The Balaban J connectivity index is 2.27. The zero-order valence-corrected chi connectivity index (χ0v) is 10.2. The molecular formula is C10H10N2O5S. The van der Waals surface area contributed by atoms with Crippen molar-refractivity contribution >= 4 is 15.8 Å². The maximum Gasteiger partial charge on any atom is 0.371 e. The number of sulfone groups is 1. The van der Waals surface area contributed by atoms with Crippen LogP contribution in [-0.4, -0.2) is 29.3 Å². The standard InChI is InChI=1S/C10H10N2O5S/c1-12-5-7(4-11-12)6-18(15,16)9-3-2-8(17-9)10(13)14/h2-5H,6H2,1H3,(H,13,14). The monoisotopic (exact) mass is 270 g/mol. The molecule has 0 aromatic carbocycles. The molecule has 18 heavy (non-hydrogen) atoms. The van der Waals surface area contributed by atoms with Crippen molar-refractivity contribution in [3.05, 3.63) is 35.9 Å². The average Bonchev–Trinajstić information content (AvgIpc) is 2.86. The number of carbonyl (C=O) groups is 1. The summed E-state index contributed by atoms with van der Waals surface area (Å²) < 4.78 is 30.1. The average molecular weight is 270 g/mol. The number of furan rings is 1. The van der Waals surface area contributed by atoms with Crippen LogP contribution >= 0.6 is 0 Å². The van der Waals surface area contributed by atoms with Gasteiger partial charge in [0.05, 0.1) is 11.9 Å². The topological polar surface area (TPSA) is 102 Å². The predicted molar refractivity (Wildman–Crippen MR) is 59.8 cm³/mol. The Morgan fingerprint density at radius 3 is 2.72 bits per heavy atom. The Morgan fingerprint density at radius 2 is 2.22 bits per heavy atom. The van der Waals surface area contributed by atoms with Gasteiger partial charge in [-0.05, 0) is 12.1 Å². The Bertz CT molecular complexity index is 683. The molecular weight excluding hydrogens is 260 g/mol. The molecule has 0 aliphatic rings. The fourth-order valence-electron chi connectivity index (χ4n) is 1.44. The van der Waals surface area contributed by atoms with Crippen LogP contribution in [-0.2, 0) is 22.6 Å². The van der Waals surface area contributed by atoms with E-state index in [4.69, 9.17) is 9.52 Å². The Morgan fingerprint density at radius 1 is 1.50 bits per heavy atom. The van der Waals surface area contributed by atoms with Gasteiger partial charge in [-0.15, -0.1) is 0 Å². The third kappa shape index (κ3) is 2.43. The van der Waals surface area contributed by atoms with Crippen LogP contribution in [0.1, 0.15) is 16.1 Å². The Labute approximate surface area is 103 Å². The second-order valence-corrected chi connectivity index (χ2v) is 5.63. The fraction of sp³-hybridized carbons (Fsp3) is 0.200. The SMILES string of the molecule is Cn1cc(CS(=O)(=O)c2ccc(C(=O)O)o2)cn1. The number of hydrogen-bond donors (Lipinski definition) is 1. The van der Waals surface area contributed by atoms with Crippen LogP contribution in [0.2, 0.25) is 0 Å². The summed E-state index contributed by atoms with van der Waals surface area (Å²) in [6, 6.07) is 2.24. The van der Waals surface area contributed by atoms with Crippen LogP contribution in [0.15, 0.2) is 34.0 Å². The zero-order chi connectivity index (χ0) is 13.3. The highest BCUT2D eigenvalue weighted by molar-refractivity contribution is 7.90. The smallest absolute Gasteiger partial charge is 0.371 e. The molecule has 0 radical (unpaired) electrons. The van der Waals surface area contributed by atoms with Crippen LogP contribution in [0, 0.1) is 0 Å². The van der Waals surface area contributed by atoms with Crippen LogP contribution in [0.5, 0.6) is 0 Å². The van der Waals surface area contributed by atoms with Gasteiger partial charge < -0.3 is 9.52 Å². The van der Waals surface area contributed by atoms with Crippen molar-refractivity contribution in [1.29, 1.82) is 0 Å². The molecule has 0 spiro atoms. The summed E-state index contributed by atoms with van der Waals surface area (Å²) in [5, 5.41) is 12.2. The summed E-state index contributed by atoms with van der Waals surface area (Å²) in [4.78, 5) is 10.6. The fourth-order valence-corrected chi connectivity index (χ4v) is 2.66. The summed E-state index contributed by atoms with van der Waals surface area (Å²) in [7, 11) is -2.02. The van der Waals surface area contributed by atoms with Gasteiger partial charge in [-0.2, -0.15) is 5.10 Å². The van der Waals surface area contributed by atoms with E-state index in [1.54, 1.807) is 13.2 Å². The van der Waals surface area contributed by atoms with Gasteiger partial charge in [0.25, 0.3) is 0 Å². The van der Waals surface area contributed by atoms with Gasteiger partial charge in [0, 0.05) is 18.8 Å². The molecule has 0 aliphatic carbocycles. The molecule has 2 aromatic rings. The molecule has 0 atom stereocenters. The molecule has 0 unspecified atom stereocenters. The number of rotatable bonds is 4. The third-order valence-electron chi connectivity index (χ3n) is 2.21. The first-order valence-corrected chi connectivity index (χ1v) is 6.57. The number of carboxylic acids is 1. The minimum atomic E-state index is -3.70. The van der Waals surface area contributed by atoms with Crippen LogP contribution in [0.3, 0.4) is 0 Å². The normalized spacial score (nSPS) is 11.6. The van der Waals surface area contributed by atoms with Crippen molar-refractivity contribution in [1.82, 2.24) is 9.78 Å². The lowest BCUT2D eigenvalue weighted by Gasteiger charge is -1.97. The van der Waals surface area contributed by atoms with Crippen molar-refractivity contribution in [3.63, 3.8) is 0 Å². The summed E-state index contributed by atoms with van der Waals surface area (Å²) >= 11 is 0. The highest BCUT2D eigenvalue weighted by Crippen LogP contribution is 2.19. The summed E-state index contributed by atoms with van der Waals surface area (Å²) in [6.45, 7) is 0. The molecule has 0 saturated heterocycles. The van der Waals surface area contributed by atoms with Gasteiger partial charge in [-0.25, -0.2) is 13.2 Å². The minimum Gasteiger partial charge on any atom is -0.475 e. The van der Waals surface area contributed by atoms with E-state index in [9.17, 15) is 13.2 Å². The highest BCUT2D eigenvalue weighted by Gasteiger charge is 2.22.